The summed E-state index contributed by atoms with van der Waals surface area (Å²) >= 11 is 0. The fourth-order valence-electron chi connectivity index (χ4n) is 5.40. The Hall–Kier alpha value is -3.24. The number of allylic oxidation sites excluding steroid dienone is 2. The number of fused-ring (bicyclic) bond motifs is 1. The molecule has 208 valence electrons. The normalized spacial score (nSPS) is 24.5. The molecule has 0 radical (unpaired) electrons. The predicted octanol–water partition coefficient (Wildman–Crippen LogP) is 3.45. The van der Waals surface area contributed by atoms with Crippen LogP contribution >= 0.6 is 0 Å². The van der Waals surface area contributed by atoms with Crippen LogP contribution in [0.4, 0.5) is 0 Å². The molecule has 2 heterocycles. The molecule has 1 aliphatic carbocycles. The van der Waals surface area contributed by atoms with Gasteiger partial charge in [-0.15, -0.1) is 0 Å². The average Bonchev–Trinajstić information content (AvgIpc) is 3.54. The Kier molecular flexibility index (Phi) is 9.52. The van der Waals surface area contributed by atoms with Crippen molar-refractivity contribution < 1.29 is 38.5 Å². The van der Waals surface area contributed by atoms with E-state index >= 15 is 0 Å². The SMILES string of the molecule is CCCON(CCC)C(=O)CN1C[C@H](C2C=C3OCOC3=CC2)[C@@H](C(=O)O)[C@@H]1COc1ccccc1OC. The van der Waals surface area contributed by atoms with Crippen LogP contribution in [0.1, 0.15) is 33.1 Å². The number of carbonyl (C=O) groups is 2. The standard InChI is InChI=1S/C28H38N2O8/c1-4-12-30(38-13-5-2)26(31)16-29-15-20(19-10-11-24-25(14-19)37-18-36-24)27(28(32)33)21(29)17-35-23-9-7-6-8-22(23)34-3/h6-9,11,14,19-21,27H,4-5,10,12-13,15-18H2,1-3H3,(H,32,33)/t19?,20-,21+,27-/m1/s1. The first-order valence-electron chi connectivity index (χ1n) is 13.3. The minimum Gasteiger partial charge on any atom is -0.493 e. The van der Waals surface area contributed by atoms with Gasteiger partial charge in [0, 0.05) is 13.1 Å². The first-order valence-corrected chi connectivity index (χ1v) is 13.3. The molecule has 10 heteroatoms. The van der Waals surface area contributed by atoms with E-state index in [1.165, 1.54) is 5.06 Å². The number of hydroxylamine groups is 2. The maximum Gasteiger partial charge on any atom is 0.308 e. The number of hydrogen-bond acceptors (Lipinski definition) is 8. The lowest BCUT2D eigenvalue weighted by Crippen LogP contribution is -2.46. The summed E-state index contributed by atoms with van der Waals surface area (Å²) in [5.41, 5.74) is 0. The Morgan fingerprint density at radius 1 is 1.13 bits per heavy atom. The largest absolute Gasteiger partial charge is 0.493 e. The van der Waals surface area contributed by atoms with Gasteiger partial charge in [-0.05, 0) is 55.4 Å². The Morgan fingerprint density at radius 3 is 2.61 bits per heavy atom. The summed E-state index contributed by atoms with van der Waals surface area (Å²) in [5.74, 6) is 0.260. The highest BCUT2D eigenvalue weighted by molar-refractivity contribution is 5.78. The van der Waals surface area contributed by atoms with Gasteiger partial charge in [0.05, 0.1) is 32.2 Å². The van der Waals surface area contributed by atoms with Crippen molar-refractivity contribution in [2.24, 2.45) is 17.8 Å². The first kappa shape index (κ1) is 27.8. The molecule has 0 spiro atoms. The fourth-order valence-corrected chi connectivity index (χ4v) is 5.40. The number of benzene rings is 1. The molecule has 1 aromatic carbocycles. The van der Waals surface area contributed by atoms with Crippen LogP contribution in [0, 0.1) is 17.8 Å². The molecule has 38 heavy (non-hydrogen) atoms. The van der Waals surface area contributed by atoms with Crippen molar-refractivity contribution in [3.05, 3.63) is 47.9 Å². The zero-order valence-corrected chi connectivity index (χ0v) is 22.3. The van der Waals surface area contributed by atoms with Crippen LogP contribution < -0.4 is 9.47 Å². The van der Waals surface area contributed by atoms with Gasteiger partial charge < -0.3 is 24.1 Å². The monoisotopic (exact) mass is 530 g/mol. The molecule has 1 unspecified atom stereocenters. The number of methoxy groups -OCH3 is 1. The van der Waals surface area contributed by atoms with Crippen LogP contribution in [0.3, 0.4) is 0 Å². The molecule has 2 aliphatic heterocycles. The molecule has 4 rings (SSSR count). The van der Waals surface area contributed by atoms with Gasteiger partial charge in [0.1, 0.15) is 6.61 Å². The quantitative estimate of drug-likeness (QED) is 0.384. The van der Waals surface area contributed by atoms with Crippen molar-refractivity contribution in [2.75, 3.05) is 46.8 Å². The fraction of sp³-hybridized carbons (Fsp3) is 0.571. The summed E-state index contributed by atoms with van der Waals surface area (Å²) in [6.45, 7) is 5.61. The Balaban J connectivity index is 1.58. The van der Waals surface area contributed by atoms with Crippen LogP contribution in [0.25, 0.3) is 0 Å². The number of para-hydroxylation sites is 2. The molecule has 1 amide bonds. The lowest BCUT2D eigenvalue weighted by Gasteiger charge is -2.29. The highest BCUT2D eigenvalue weighted by Gasteiger charge is 2.50. The number of hydrogen-bond donors (Lipinski definition) is 1. The average molecular weight is 531 g/mol. The van der Waals surface area contributed by atoms with Crippen LogP contribution in [0.5, 0.6) is 11.5 Å². The third-order valence-corrected chi connectivity index (χ3v) is 7.21. The number of carbonyl (C=O) groups excluding carboxylic acids is 1. The number of nitrogens with zero attached hydrogens (tertiary/aromatic N) is 2. The molecule has 4 atom stereocenters. The first-order chi connectivity index (χ1) is 18.5. The summed E-state index contributed by atoms with van der Waals surface area (Å²) in [5, 5.41) is 11.8. The van der Waals surface area contributed by atoms with Gasteiger partial charge in [0.2, 0.25) is 6.79 Å². The number of aliphatic carboxylic acids is 1. The summed E-state index contributed by atoms with van der Waals surface area (Å²) in [6.07, 6.45) is 6.11. The Bertz CT molecular complexity index is 1040. The number of carboxylic acid groups (broad SMARTS) is 1. The summed E-state index contributed by atoms with van der Waals surface area (Å²) in [6, 6.07) is 6.71. The second-order valence-corrected chi connectivity index (χ2v) is 9.72. The van der Waals surface area contributed by atoms with Crippen LogP contribution in [0.15, 0.2) is 47.9 Å². The lowest BCUT2D eigenvalue weighted by molar-refractivity contribution is -0.188. The number of carboxylic acids is 1. The van der Waals surface area contributed by atoms with Gasteiger partial charge in [-0.2, -0.15) is 0 Å². The van der Waals surface area contributed by atoms with Gasteiger partial charge in [0.15, 0.2) is 23.0 Å². The van der Waals surface area contributed by atoms with Crippen molar-refractivity contribution in [3.63, 3.8) is 0 Å². The van der Waals surface area contributed by atoms with Gasteiger partial charge >= 0.3 is 5.97 Å². The molecule has 0 saturated carbocycles. The molecule has 0 aromatic heterocycles. The van der Waals surface area contributed by atoms with Crippen molar-refractivity contribution in [3.8, 4) is 11.5 Å². The van der Waals surface area contributed by atoms with E-state index in [2.05, 4.69) is 0 Å². The third kappa shape index (κ3) is 6.24. The van der Waals surface area contributed by atoms with Crippen molar-refractivity contribution >= 4 is 11.9 Å². The second kappa shape index (κ2) is 13.0. The van der Waals surface area contributed by atoms with E-state index < -0.39 is 17.9 Å². The minimum atomic E-state index is -0.914. The summed E-state index contributed by atoms with van der Waals surface area (Å²) < 4.78 is 22.6. The smallest absolute Gasteiger partial charge is 0.308 e. The van der Waals surface area contributed by atoms with Gasteiger partial charge in [-0.25, -0.2) is 5.06 Å². The van der Waals surface area contributed by atoms with Crippen molar-refractivity contribution in [1.82, 2.24) is 9.96 Å². The number of amides is 1. The Morgan fingerprint density at radius 2 is 1.89 bits per heavy atom. The third-order valence-electron chi connectivity index (χ3n) is 7.21. The molecule has 2 fully saturated rings. The van der Waals surface area contributed by atoms with Crippen LogP contribution in [-0.4, -0.2) is 79.7 Å². The summed E-state index contributed by atoms with van der Waals surface area (Å²) in [7, 11) is 1.56. The topological polar surface area (TPSA) is 107 Å². The van der Waals surface area contributed by atoms with E-state index in [9.17, 15) is 14.7 Å². The molecule has 1 aromatic rings. The van der Waals surface area contributed by atoms with E-state index in [4.69, 9.17) is 23.8 Å². The molecule has 2 saturated heterocycles. The van der Waals surface area contributed by atoms with E-state index in [1.54, 1.807) is 19.2 Å². The summed E-state index contributed by atoms with van der Waals surface area (Å²) in [4.78, 5) is 33.7. The second-order valence-electron chi connectivity index (χ2n) is 9.72. The Labute approximate surface area is 223 Å². The number of rotatable bonds is 13. The van der Waals surface area contributed by atoms with Crippen molar-refractivity contribution in [2.45, 2.75) is 39.2 Å². The maximum absolute atomic E-state index is 13.3. The lowest BCUT2D eigenvalue weighted by atomic mass is 9.78. The maximum atomic E-state index is 13.3. The van der Waals surface area contributed by atoms with Crippen LogP contribution in [0.2, 0.25) is 0 Å². The molecular formula is C28H38N2O8. The van der Waals surface area contributed by atoms with Crippen molar-refractivity contribution in [1.29, 1.82) is 0 Å². The highest BCUT2D eigenvalue weighted by atomic mass is 16.7. The molecular weight excluding hydrogens is 492 g/mol. The highest BCUT2D eigenvalue weighted by Crippen LogP contribution is 2.42. The number of likely N-dealkylation sites (tertiary alicyclic amines) is 1. The molecule has 10 nitrogen and oxygen atoms in total. The molecule has 1 N–H and O–H groups in total. The molecule has 3 aliphatic rings. The van der Waals surface area contributed by atoms with E-state index in [-0.39, 0.29) is 37.7 Å². The van der Waals surface area contributed by atoms with E-state index in [0.717, 1.165) is 12.8 Å². The van der Waals surface area contributed by atoms with Crippen LogP contribution in [-0.2, 0) is 23.9 Å². The van der Waals surface area contributed by atoms with E-state index in [0.29, 0.717) is 49.1 Å². The van der Waals surface area contributed by atoms with E-state index in [1.807, 2.05) is 43.0 Å². The zero-order chi connectivity index (χ0) is 27.1. The predicted molar refractivity (Wildman–Crippen MR) is 138 cm³/mol. The minimum absolute atomic E-state index is 0.0357. The number of ether oxygens (including phenoxy) is 4. The molecule has 0 bridgehead atoms. The van der Waals surface area contributed by atoms with Gasteiger partial charge in [-0.3, -0.25) is 19.3 Å². The van der Waals surface area contributed by atoms with Gasteiger partial charge in [-0.1, -0.05) is 26.0 Å². The van der Waals surface area contributed by atoms with Gasteiger partial charge in [0.25, 0.3) is 5.91 Å². The zero-order valence-electron chi connectivity index (χ0n) is 22.3.